The lowest BCUT2D eigenvalue weighted by molar-refractivity contribution is 0.421. The first-order chi connectivity index (χ1) is 16.1. The maximum atomic E-state index is 14.5. The zero-order valence-electron chi connectivity index (χ0n) is 17.4. The molecule has 168 valence electrons. The van der Waals surface area contributed by atoms with Crippen LogP contribution in [0, 0.1) is 11.6 Å². The molecule has 0 spiro atoms. The highest BCUT2D eigenvalue weighted by Gasteiger charge is 2.21. The van der Waals surface area contributed by atoms with Crippen molar-refractivity contribution in [2.45, 2.75) is 12.7 Å². The molecule has 0 radical (unpaired) electrons. The van der Waals surface area contributed by atoms with Crippen LogP contribution in [0.15, 0.2) is 63.7 Å². The van der Waals surface area contributed by atoms with Crippen LogP contribution in [0.1, 0.15) is 5.56 Å². The van der Waals surface area contributed by atoms with Crippen molar-refractivity contribution in [2.75, 3.05) is 18.5 Å². The van der Waals surface area contributed by atoms with Crippen molar-refractivity contribution in [1.29, 1.82) is 0 Å². The van der Waals surface area contributed by atoms with Gasteiger partial charge in [-0.15, -0.1) is 5.11 Å². The molecule has 1 aliphatic rings. The first kappa shape index (κ1) is 20.6. The largest absolute Gasteiger partial charge is 0.364 e. The van der Waals surface area contributed by atoms with Crippen LogP contribution in [-0.4, -0.2) is 44.7 Å². The van der Waals surface area contributed by atoms with Gasteiger partial charge in [-0.2, -0.15) is 10.5 Å². The van der Waals surface area contributed by atoms with Gasteiger partial charge < -0.3 is 9.42 Å². The monoisotopic (exact) mass is 452 g/mol. The van der Waals surface area contributed by atoms with Gasteiger partial charge in [-0.1, -0.05) is 28.6 Å². The quantitative estimate of drug-likeness (QED) is 0.439. The molecular formula is C20H18F2N10O. The molecule has 0 bridgehead atoms. The Balaban J connectivity index is 1.50. The maximum absolute atomic E-state index is 14.5. The van der Waals surface area contributed by atoms with E-state index in [0.29, 0.717) is 29.2 Å². The van der Waals surface area contributed by atoms with Gasteiger partial charge in [0.05, 0.1) is 25.0 Å². The second kappa shape index (κ2) is 8.70. The smallest absolute Gasteiger partial charge is 0.183 e. The fourth-order valence-electron chi connectivity index (χ4n) is 3.39. The molecule has 0 aliphatic carbocycles. The molecule has 0 saturated carbocycles. The summed E-state index contributed by atoms with van der Waals surface area (Å²) < 4.78 is 35.3. The number of aromatic nitrogens is 5. The van der Waals surface area contributed by atoms with Gasteiger partial charge in [0.15, 0.2) is 23.6 Å². The Bertz CT molecular complexity index is 1290. The third kappa shape index (κ3) is 4.25. The summed E-state index contributed by atoms with van der Waals surface area (Å²) in [4.78, 5) is 10.1. The summed E-state index contributed by atoms with van der Waals surface area (Å²) in [6.45, 7) is 0.462. The average molecular weight is 452 g/mol. The van der Waals surface area contributed by atoms with E-state index < -0.39 is 5.82 Å². The standard InChI is InChI=1S/C20H18F2N10O/c1-31(11-18-25-29-30-26-18)20-14(22)9-23-19(24-20)16-8-17(15-6-7-33-28-15)32(27-16)10-12-4-2-3-5-13(12)21/h2-9,18H,10-11H2,1H3,(H,25,30)(H,26,29). The molecule has 3 aromatic heterocycles. The van der Waals surface area contributed by atoms with Gasteiger partial charge in [-0.3, -0.25) is 4.68 Å². The molecule has 33 heavy (non-hydrogen) atoms. The van der Waals surface area contributed by atoms with E-state index in [9.17, 15) is 8.78 Å². The van der Waals surface area contributed by atoms with Crippen LogP contribution in [0.4, 0.5) is 14.6 Å². The van der Waals surface area contributed by atoms with Crippen molar-refractivity contribution in [2.24, 2.45) is 10.3 Å². The highest BCUT2D eigenvalue weighted by molar-refractivity contribution is 5.63. The van der Waals surface area contributed by atoms with Crippen LogP contribution < -0.4 is 15.9 Å². The molecule has 1 aromatic carbocycles. The molecule has 13 heteroatoms. The maximum Gasteiger partial charge on any atom is 0.183 e. The number of nitrogens with zero attached hydrogens (tertiary/aromatic N) is 8. The van der Waals surface area contributed by atoms with E-state index in [4.69, 9.17) is 4.52 Å². The molecule has 4 heterocycles. The Morgan fingerprint density at radius 3 is 2.79 bits per heavy atom. The predicted molar refractivity (Wildman–Crippen MR) is 112 cm³/mol. The van der Waals surface area contributed by atoms with E-state index in [2.05, 4.69) is 41.5 Å². The van der Waals surface area contributed by atoms with Crippen molar-refractivity contribution >= 4 is 5.82 Å². The Kier molecular flexibility index (Phi) is 5.44. The van der Waals surface area contributed by atoms with Crippen LogP contribution in [0.2, 0.25) is 0 Å². The number of benzene rings is 1. The number of hydrogen-bond donors (Lipinski definition) is 2. The van der Waals surface area contributed by atoms with Crippen molar-refractivity contribution in [3.8, 4) is 22.9 Å². The minimum absolute atomic E-state index is 0.0792. The van der Waals surface area contributed by atoms with Gasteiger partial charge >= 0.3 is 0 Å². The van der Waals surface area contributed by atoms with Gasteiger partial charge in [-0.25, -0.2) is 24.3 Å². The molecule has 0 amide bonds. The lowest BCUT2D eigenvalue weighted by Gasteiger charge is -2.20. The Labute approximate surface area is 186 Å². The fourth-order valence-corrected chi connectivity index (χ4v) is 3.39. The molecule has 11 nitrogen and oxygen atoms in total. The van der Waals surface area contributed by atoms with Crippen LogP contribution in [0.5, 0.6) is 0 Å². The van der Waals surface area contributed by atoms with E-state index in [0.717, 1.165) is 6.20 Å². The molecule has 0 fully saturated rings. The van der Waals surface area contributed by atoms with E-state index >= 15 is 0 Å². The van der Waals surface area contributed by atoms with Gasteiger partial charge in [0.1, 0.15) is 23.5 Å². The van der Waals surface area contributed by atoms with Gasteiger partial charge in [0.25, 0.3) is 0 Å². The van der Waals surface area contributed by atoms with E-state index in [1.54, 1.807) is 47.0 Å². The summed E-state index contributed by atoms with van der Waals surface area (Å²) in [5, 5.41) is 16.1. The van der Waals surface area contributed by atoms with Crippen molar-refractivity contribution in [3.63, 3.8) is 0 Å². The number of anilines is 1. The van der Waals surface area contributed by atoms with Crippen LogP contribution in [0.25, 0.3) is 22.9 Å². The lowest BCUT2D eigenvalue weighted by Crippen LogP contribution is -2.39. The number of likely N-dealkylation sites (N-methyl/N-ethyl adjacent to an activating group) is 1. The summed E-state index contributed by atoms with van der Waals surface area (Å²) in [5.74, 6) is -0.661. The number of hydrogen-bond acceptors (Lipinski definition) is 10. The van der Waals surface area contributed by atoms with Crippen molar-refractivity contribution in [1.82, 2.24) is 35.9 Å². The third-order valence-electron chi connectivity index (χ3n) is 5.00. The summed E-state index contributed by atoms with van der Waals surface area (Å²) in [5.41, 5.74) is 7.26. The van der Waals surface area contributed by atoms with Gasteiger partial charge in [-0.05, 0) is 12.1 Å². The van der Waals surface area contributed by atoms with E-state index in [1.807, 2.05) is 0 Å². The molecule has 2 N–H and O–H groups in total. The zero-order valence-corrected chi connectivity index (χ0v) is 17.4. The Morgan fingerprint density at radius 2 is 2.03 bits per heavy atom. The second-order valence-electron chi connectivity index (χ2n) is 7.28. The summed E-state index contributed by atoms with van der Waals surface area (Å²) in [7, 11) is 1.68. The fraction of sp³-hybridized carbons (Fsp3) is 0.200. The molecule has 1 aliphatic heterocycles. The molecular weight excluding hydrogens is 434 g/mol. The normalized spacial score (nSPS) is 15.1. The Morgan fingerprint density at radius 1 is 1.15 bits per heavy atom. The third-order valence-corrected chi connectivity index (χ3v) is 5.00. The van der Waals surface area contributed by atoms with Crippen molar-refractivity contribution in [3.05, 3.63) is 66.1 Å². The molecule has 0 saturated heterocycles. The van der Waals surface area contributed by atoms with Crippen LogP contribution in [0.3, 0.4) is 0 Å². The number of hydrazine groups is 1. The number of rotatable bonds is 7. The average Bonchev–Trinajstić information content (AvgIpc) is 3.58. The summed E-state index contributed by atoms with van der Waals surface area (Å²) in [6, 6.07) is 9.79. The molecule has 5 rings (SSSR count). The first-order valence-corrected chi connectivity index (χ1v) is 9.95. The van der Waals surface area contributed by atoms with Gasteiger partial charge in [0, 0.05) is 18.7 Å². The first-order valence-electron chi connectivity index (χ1n) is 9.95. The van der Waals surface area contributed by atoms with Crippen LogP contribution in [-0.2, 0) is 6.54 Å². The predicted octanol–water partition coefficient (Wildman–Crippen LogP) is 2.56. The summed E-state index contributed by atoms with van der Waals surface area (Å²) >= 11 is 0. The van der Waals surface area contributed by atoms with E-state index in [1.165, 1.54) is 12.3 Å². The van der Waals surface area contributed by atoms with Crippen LogP contribution >= 0.6 is 0 Å². The summed E-state index contributed by atoms with van der Waals surface area (Å²) in [6.07, 6.45) is 2.16. The number of halogens is 2. The second-order valence-corrected chi connectivity index (χ2v) is 7.28. The topological polar surface area (TPSA) is 122 Å². The Hall–Kier alpha value is -4.26. The number of nitrogens with one attached hydrogen (secondary N) is 2. The lowest BCUT2D eigenvalue weighted by atomic mass is 10.2. The van der Waals surface area contributed by atoms with Crippen molar-refractivity contribution < 1.29 is 13.3 Å². The minimum Gasteiger partial charge on any atom is -0.364 e. The zero-order chi connectivity index (χ0) is 22.8. The van der Waals surface area contributed by atoms with Gasteiger partial charge in [0.2, 0.25) is 0 Å². The minimum atomic E-state index is -0.591. The highest BCUT2D eigenvalue weighted by atomic mass is 19.1. The SMILES string of the molecule is CN(CC1N=NNN1)c1nc(-c2cc(-c3ccon3)n(Cc3ccccc3F)n2)ncc1F. The highest BCUT2D eigenvalue weighted by Crippen LogP contribution is 2.26. The van der Waals surface area contributed by atoms with E-state index in [-0.39, 0.29) is 30.2 Å². The molecule has 4 aromatic rings. The molecule has 1 atom stereocenters. The molecule has 1 unspecified atom stereocenters.